The summed E-state index contributed by atoms with van der Waals surface area (Å²) in [5.74, 6) is -0.682. The number of rotatable bonds is 3. The highest BCUT2D eigenvalue weighted by atomic mass is 19.4. The third-order valence-electron chi connectivity index (χ3n) is 6.56. The van der Waals surface area contributed by atoms with Gasteiger partial charge in [-0.25, -0.2) is 4.90 Å². The Labute approximate surface area is 179 Å². The van der Waals surface area contributed by atoms with E-state index >= 15 is 0 Å². The summed E-state index contributed by atoms with van der Waals surface area (Å²) in [5, 5.41) is 0. The number of piperidine rings is 2. The molecule has 0 spiro atoms. The Morgan fingerprint density at radius 1 is 0.903 bits per heavy atom. The number of benzene rings is 1. The Morgan fingerprint density at radius 3 is 2.10 bits per heavy atom. The van der Waals surface area contributed by atoms with Crippen LogP contribution in [0.5, 0.6) is 0 Å². The number of anilines is 1. The van der Waals surface area contributed by atoms with Crippen LogP contribution in [0, 0.1) is 5.92 Å². The topological polar surface area (TPSA) is 60.9 Å². The van der Waals surface area contributed by atoms with Crippen LogP contribution in [0.15, 0.2) is 24.3 Å². The Bertz CT molecular complexity index is 842. The van der Waals surface area contributed by atoms with Crippen molar-refractivity contribution in [3.8, 4) is 0 Å². The van der Waals surface area contributed by atoms with Crippen LogP contribution in [0.4, 0.5) is 18.9 Å². The molecule has 6 nitrogen and oxygen atoms in total. The van der Waals surface area contributed by atoms with Crippen LogP contribution in [-0.2, 0) is 20.6 Å². The van der Waals surface area contributed by atoms with Crippen molar-refractivity contribution in [1.82, 2.24) is 9.80 Å². The van der Waals surface area contributed by atoms with Gasteiger partial charge in [-0.3, -0.25) is 19.3 Å². The minimum atomic E-state index is -4.48. The van der Waals surface area contributed by atoms with Crippen molar-refractivity contribution in [2.24, 2.45) is 5.92 Å². The molecule has 0 saturated carbocycles. The van der Waals surface area contributed by atoms with Gasteiger partial charge in [-0.1, -0.05) is 0 Å². The Morgan fingerprint density at radius 2 is 1.52 bits per heavy atom. The third-order valence-corrected chi connectivity index (χ3v) is 6.56. The van der Waals surface area contributed by atoms with Crippen molar-refractivity contribution in [1.29, 1.82) is 0 Å². The van der Waals surface area contributed by atoms with Crippen molar-refractivity contribution < 1.29 is 27.6 Å². The van der Waals surface area contributed by atoms with Gasteiger partial charge in [0.1, 0.15) is 0 Å². The molecule has 3 aliphatic heterocycles. The highest BCUT2D eigenvalue weighted by molar-refractivity contribution is 6.22. The number of amides is 3. The van der Waals surface area contributed by atoms with Gasteiger partial charge in [-0.15, -0.1) is 0 Å². The van der Waals surface area contributed by atoms with Crippen molar-refractivity contribution >= 4 is 23.4 Å². The van der Waals surface area contributed by atoms with Crippen LogP contribution in [0.3, 0.4) is 0 Å². The molecule has 3 fully saturated rings. The fourth-order valence-electron chi connectivity index (χ4n) is 4.80. The first-order chi connectivity index (χ1) is 14.8. The number of carbonyl (C=O) groups excluding carboxylic acids is 3. The number of halogens is 3. The van der Waals surface area contributed by atoms with E-state index in [1.165, 1.54) is 0 Å². The van der Waals surface area contributed by atoms with E-state index in [1.807, 2.05) is 9.80 Å². The summed E-state index contributed by atoms with van der Waals surface area (Å²) in [4.78, 5) is 43.0. The van der Waals surface area contributed by atoms with E-state index < -0.39 is 29.6 Å². The van der Waals surface area contributed by atoms with E-state index in [2.05, 4.69) is 0 Å². The predicted molar refractivity (Wildman–Crippen MR) is 107 cm³/mol. The lowest BCUT2D eigenvalue weighted by Crippen LogP contribution is -2.49. The molecule has 1 aromatic rings. The average molecular weight is 437 g/mol. The van der Waals surface area contributed by atoms with Crippen LogP contribution in [0.1, 0.15) is 44.1 Å². The Kier molecular flexibility index (Phi) is 6.05. The normalized spacial score (nSPS) is 24.2. The molecule has 0 unspecified atom stereocenters. The second kappa shape index (κ2) is 8.61. The second-order valence-corrected chi connectivity index (χ2v) is 8.53. The van der Waals surface area contributed by atoms with Gasteiger partial charge in [0.25, 0.3) is 5.91 Å². The highest BCUT2D eigenvalue weighted by Gasteiger charge is 2.44. The maximum absolute atomic E-state index is 12.9. The van der Waals surface area contributed by atoms with Crippen LogP contribution >= 0.6 is 0 Å². The van der Waals surface area contributed by atoms with E-state index in [4.69, 9.17) is 0 Å². The molecule has 1 atom stereocenters. The Hall–Kier alpha value is -2.42. The van der Waals surface area contributed by atoms with E-state index in [1.54, 1.807) is 0 Å². The summed E-state index contributed by atoms with van der Waals surface area (Å²) >= 11 is 0. The molecule has 3 saturated heterocycles. The molecule has 9 heteroatoms. The molecular weight excluding hydrogens is 411 g/mol. The zero-order chi connectivity index (χ0) is 22.2. The van der Waals surface area contributed by atoms with Crippen LogP contribution < -0.4 is 4.90 Å². The molecule has 0 bridgehead atoms. The zero-order valence-corrected chi connectivity index (χ0v) is 17.2. The van der Waals surface area contributed by atoms with Crippen LogP contribution in [0.2, 0.25) is 0 Å². The summed E-state index contributed by atoms with van der Waals surface area (Å²) in [6.45, 7) is 2.73. The molecule has 0 aromatic heterocycles. The van der Waals surface area contributed by atoms with Crippen molar-refractivity contribution in [2.45, 2.75) is 50.7 Å². The largest absolute Gasteiger partial charge is 0.416 e. The number of hydrogen-bond acceptors (Lipinski definition) is 4. The maximum atomic E-state index is 12.9. The summed E-state index contributed by atoms with van der Waals surface area (Å²) in [6.07, 6.45) is 0.0728. The van der Waals surface area contributed by atoms with E-state index in [-0.39, 0.29) is 23.9 Å². The van der Waals surface area contributed by atoms with Gasteiger partial charge < -0.3 is 4.90 Å². The molecule has 0 N–H and O–H groups in total. The fraction of sp³-hybridized carbons (Fsp3) is 0.591. The van der Waals surface area contributed by atoms with Crippen molar-refractivity contribution in [2.75, 3.05) is 31.1 Å². The van der Waals surface area contributed by atoms with E-state index in [9.17, 15) is 27.6 Å². The van der Waals surface area contributed by atoms with Crippen molar-refractivity contribution in [3.05, 3.63) is 29.8 Å². The number of imide groups is 1. The number of carbonyl (C=O) groups is 3. The van der Waals surface area contributed by atoms with Gasteiger partial charge in [0.05, 0.1) is 23.7 Å². The molecule has 168 valence electrons. The lowest BCUT2D eigenvalue weighted by Gasteiger charge is -2.37. The van der Waals surface area contributed by atoms with Gasteiger partial charge in [-0.2, -0.15) is 13.2 Å². The van der Waals surface area contributed by atoms with Crippen LogP contribution in [0.25, 0.3) is 0 Å². The molecule has 0 aliphatic carbocycles. The highest BCUT2D eigenvalue weighted by Crippen LogP contribution is 2.33. The van der Waals surface area contributed by atoms with Crippen LogP contribution in [-0.4, -0.2) is 59.7 Å². The lowest BCUT2D eigenvalue weighted by atomic mass is 9.93. The second-order valence-electron chi connectivity index (χ2n) is 8.53. The third kappa shape index (κ3) is 4.46. The minimum Gasteiger partial charge on any atom is -0.342 e. The fourth-order valence-corrected chi connectivity index (χ4v) is 4.80. The summed E-state index contributed by atoms with van der Waals surface area (Å²) in [5.41, 5.74) is -0.673. The smallest absolute Gasteiger partial charge is 0.342 e. The zero-order valence-electron chi connectivity index (χ0n) is 17.2. The lowest BCUT2D eigenvalue weighted by molar-refractivity contribution is -0.138. The van der Waals surface area contributed by atoms with Gasteiger partial charge in [0.15, 0.2) is 0 Å². The quantitative estimate of drug-likeness (QED) is 0.682. The summed E-state index contributed by atoms with van der Waals surface area (Å²) < 4.78 is 38.3. The maximum Gasteiger partial charge on any atom is 0.416 e. The van der Waals surface area contributed by atoms with E-state index in [0.717, 1.165) is 61.5 Å². The summed E-state index contributed by atoms with van der Waals surface area (Å²) in [6, 6.07) is 3.44. The molecule has 3 amide bonds. The molecule has 3 heterocycles. The number of nitrogens with zero attached hydrogens (tertiary/aromatic N) is 3. The van der Waals surface area contributed by atoms with Gasteiger partial charge >= 0.3 is 6.18 Å². The molecule has 3 aliphatic rings. The van der Waals surface area contributed by atoms with Crippen molar-refractivity contribution in [3.63, 3.8) is 0 Å². The standard InChI is InChI=1S/C22H26F3N3O3/c23-22(24,25)16-4-6-17(7-5-16)28-19(29)14-18(21(28)31)26-12-8-15(9-13-26)20(30)27-10-2-1-3-11-27/h4-7,15,18H,1-3,8-14H2/t18-/m0/s1. The molecule has 4 rings (SSSR count). The first-order valence-electron chi connectivity index (χ1n) is 10.8. The number of likely N-dealkylation sites (tertiary alicyclic amines) is 2. The molecule has 31 heavy (non-hydrogen) atoms. The number of alkyl halides is 3. The first-order valence-corrected chi connectivity index (χ1v) is 10.8. The number of hydrogen-bond donors (Lipinski definition) is 0. The average Bonchev–Trinajstić information content (AvgIpc) is 3.07. The predicted octanol–water partition coefficient (Wildman–Crippen LogP) is 3.06. The monoisotopic (exact) mass is 437 g/mol. The molecule has 1 aromatic carbocycles. The molecule has 0 radical (unpaired) electrons. The first kappa shape index (κ1) is 21.8. The SMILES string of the molecule is O=C(C1CCN([C@H]2CC(=O)N(c3ccc(C(F)(F)F)cc3)C2=O)CC1)N1CCCCC1. The van der Waals surface area contributed by atoms with E-state index in [0.29, 0.717) is 25.9 Å². The van der Waals surface area contributed by atoms with Gasteiger partial charge in [-0.05, 0) is 69.5 Å². The summed E-state index contributed by atoms with van der Waals surface area (Å²) in [7, 11) is 0. The Balaban J connectivity index is 1.37. The van der Waals surface area contributed by atoms with Gasteiger partial charge in [0, 0.05) is 19.0 Å². The molecular formula is C22H26F3N3O3. The minimum absolute atomic E-state index is 0.00456. The van der Waals surface area contributed by atoms with Gasteiger partial charge in [0.2, 0.25) is 11.8 Å².